The molecule has 0 saturated carbocycles. The van der Waals surface area contributed by atoms with E-state index in [9.17, 15) is 19.2 Å². The SMILES string of the molecule is CC(C)C[C@@H](NC(=O)c1cnc2[nH]c(=O)[nH]c(=O)c2c1)C(=O)O. The Hall–Kier alpha value is -2.97. The van der Waals surface area contributed by atoms with Gasteiger partial charge in [-0.25, -0.2) is 14.6 Å². The van der Waals surface area contributed by atoms with Gasteiger partial charge in [-0.15, -0.1) is 0 Å². The number of fused-ring (bicyclic) bond motifs is 1. The number of aliphatic carboxylic acids is 1. The molecule has 23 heavy (non-hydrogen) atoms. The van der Waals surface area contributed by atoms with Gasteiger partial charge in [0.15, 0.2) is 0 Å². The first-order valence-electron chi connectivity index (χ1n) is 6.94. The largest absolute Gasteiger partial charge is 0.480 e. The number of hydrogen-bond donors (Lipinski definition) is 4. The number of amides is 1. The van der Waals surface area contributed by atoms with E-state index in [-0.39, 0.29) is 28.9 Å². The topological polar surface area (TPSA) is 145 Å². The van der Waals surface area contributed by atoms with Crippen molar-refractivity contribution in [3.05, 3.63) is 38.7 Å². The molecule has 0 unspecified atom stereocenters. The number of carbonyl (C=O) groups excluding carboxylic acids is 1. The average molecular weight is 320 g/mol. The number of aromatic amines is 2. The van der Waals surface area contributed by atoms with Crippen LogP contribution in [0, 0.1) is 5.92 Å². The molecule has 2 aromatic rings. The molecule has 0 aromatic carbocycles. The van der Waals surface area contributed by atoms with Crippen molar-refractivity contribution in [3.63, 3.8) is 0 Å². The van der Waals surface area contributed by atoms with Gasteiger partial charge in [0, 0.05) is 6.20 Å². The molecule has 2 aromatic heterocycles. The summed E-state index contributed by atoms with van der Waals surface area (Å²) in [4.78, 5) is 54.4. The highest BCUT2D eigenvalue weighted by molar-refractivity contribution is 5.98. The van der Waals surface area contributed by atoms with Crippen LogP contribution >= 0.6 is 0 Å². The van der Waals surface area contributed by atoms with Crippen LogP contribution in [0.25, 0.3) is 11.0 Å². The maximum Gasteiger partial charge on any atom is 0.327 e. The molecule has 0 bridgehead atoms. The molecule has 0 fully saturated rings. The first kappa shape index (κ1) is 16.4. The zero-order valence-electron chi connectivity index (χ0n) is 12.5. The number of H-pyrrole nitrogens is 2. The van der Waals surface area contributed by atoms with Gasteiger partial charge >= 0.3 is 11.7 Å². The van der Waals surface area contributed by atoms with Crippen LogP contribution in [0.5, 0.6) is 0 Å². The lowest BCUT2D eigenvalue weighted by molar-refractivity contribution is -0.139. The minimum Gasteiger partial charge on any atom is -0.480 e. The highest BCUT2D eigenvalue weighted by Gasteiger charge is 2.22. The van der Waals surface area contributed by atoms with Crippen molar-refractivity contribution in [1.29, 1.82) is 0 Å². The lowest BCUT2D eigenvalue weighted by Gasteiger charge is -2.16. The summed E-state index contributed by atoms with van der Waals surface area (Å²) < 4.78 is 0. The van der Waals surface area contributed by atoms with E-state index < -0.39 is 29.2 Å². The smallest absolute Gasteiger partial charge is 0.327 e. The fourth-order valence-corrected chi connectivity index (χ4v) is 2.11. The van der Waals surface area contributed by atoms with Crippen LogP contribution in [0.4, 0.5) is 0 Å². The molecule has 9 nitrogen and oxygen atoms in total. The Morgan fingerprint density at radius 3 is 2.61 bits per heavy atom. The highest BCUT2D eigenvalue weighted by Crippen LogP contribution is 2.09. The van der Waals surface area contributed by atoms with E-state index >= 15 is 0 Å². The molecule has 0 aliphatic rings. The van der Waals surface area contributed by atoms with E-state index in [1.165, 1.54) is 12.3 Å². The fraction of sp³-hybridized carbons (Fsp3) is 0.357. The standard InChI is InChI=1S/C14H16N4O5/c1-6(2)3-9(13(21)22)16-11(19)7-4-8-10(15-5-7)17-14(23)18-12(8)20/h4-6,9H,3H2,1-2H3,(H,16,19)(H,21,22)(H2,15,17,18,20,23)/t9-/m1/s1. The number of carboxylic acid groups (broad SMARTS) is 1. The summed E-state index contributed by atoms with van der Waals surface area (Å²) in [5.74, 6) is -1.71. The number of hydrogen-bond acceptors (Lipinski definition) is 5. The third-order valence-corrected chi connectivity index (χ3v) is 3.16. The number of nitrogens with zero attached hydrogens (tertiary/aromatic N) is 1. The van der Waals surface area contributed by atoms with Crippen molar-refractivity contribution in [2.24, 2.45) is 5.92 Å². The van der Waals surface area contributed by atoms with Gasteiger partial charge in [-0.1, -0.05) is 13.8 Å². The summed E-state index contributed by atoms with van der Waals surface area (Å²) in [6, 6.07) is 0.216. The molecule has 122 valence electrons. The molecule has 4 N–H and O–H groups in total. The van der Waals surface area contributed by atoms with Gasteiger partial charge in [0.1, 0.15) is 11.7 Å². The second-order valence-corrected chi connectivity index (χ2v) is 5.52. The van der Waals surface area contributed by atoms with E-state index in [0.717, 1.165) is 0 Å². The molecular formula is C14H16N4O5. The number of carbonyl (C=O) groups is 2. The predicted molar refractivity (Wildman–Crippen MR) is 81.3 cm³/mol. The van der Waals surface area contributed by atoms with Gasteiger partial charge in [-0.3, -0.25) is 19.6 Å². The Morgan fingerprint density at radius 1 is 1.30 bits per heavy atom. The average Bonchev–Trinajstić information content (AvgIpc) is 2.45. The van der Waals surface area contributed by atoms with E-state index in [1.807, 2.05) is 18.8 Å². The lowest BCUT2D eigenvalue weighted by Crippen LogP contribution is -2.41. The molecule has 0 spiro atoms. The van der Waals surface area contributed by atoms with Crippen molar-refractivity contribution in [3.8, 4) is 0 Å². The number of pyridine rings is 1. The van der Waals surface area contributed by atoms with Crippen LogP contribution in [0.2, 0.25) is 0 Å². The van der Waals surface area contributed by atoms with Crippen molar-refractivity contribution < 1.29 is 14.7 Å². The number of carboxylic acids is 1. The van der Waals surface area contributed by atoms with Gasteiger partial charge in [0.2, 0.25) is 0 Å². The summed E-state index contributed by atoms with van der Waals surface area (Å²) >= 11 is 0. The quantitative estimate of drug-likeness (QED) is 0.602. The Balaban J connectivity index is 2.32. The summed E-state index contributed by atoms with van der Waals surface area (Å²) in [6.07, 6.45) is 1.44. The number of rotatable bonds is 5. The number of aromatic nitrogens is 3. The zero-order valence-corrected chi connectivity index (χ0v) is 12.5. The van der Waals surface area contributed by atoms with Crippen LogP contribution in [-0.4, -0.2) is 38.0 Å². The zero-order chi connectivity index (χ0) is 17.1. The second-order valence-electron chi connectivity index (χ2n) is 5.52. The van der Waals surface area contributed by atoms with E-state index in [0.29, 0.717) is 0 Å². The first-order valence-corrected chi connectivity index (χ1v) is 6.94. The lowest BCUT2D eigenvalue weighted by atomic mass is 10.0. The predicted octanol–water partition coefficient (Wildman–Crippen LogP) is -0.159. The van der Waals surface area contributed by atoms with Gasteiger partial charge in [0.05, 0.1) is 10.9 Å². The molecule has 0 aliphatic carbocycles. The van der Waals surface area contributed by atoms with Crippen molar-refractivity contribution in [2.75, 3.05) is 0 Å². The maximum atomic E-state index is 12.2. The molecular weight excluding hydrogens is 304 g/mol. The van der Waals surface area contributed by atoms with Crippen molar-refractivity contribution in [2.45, 2.75) is 26.3 Å². The summed E-state index contributed by atoms with van der Waals surface area (Å²) in [7, 11) is 0. The fourth-order valence-electron chi connectivity index (χ4n) is 2.11. The third kappa shape index (κ3) is 3.82. The van der Waals surface area contributed by atoms with Gasteiger partial charge in [0.25, 0.3) is 11.5 Å². The van der Waals surface area contributed by atoms with Crippen LogP contribution < -0.4 is 16.6 Å². The second kappa shape index (κ2) is 6.42. The van der Waals surface area contributed by atoms with Crippen LogP contribution in [0.1, 0.15) is 30.6 Å². The first-order chi connectivity index (χ1) is 10.8. The normalized spacial score (nSPS) is 12.3. The van der Waals surface area contributed by atoms with E-state index in [4.69, 9.17) is 5.11 Å². The molecule has 0 radical (unpaired) electrons. The van der Waals surface area contributed by atoms with Crippen LogP contribution in [0.15, 0.2) is 21.9 Å². The summed E-state index contributed by atoms with van der Waals surface area (Å²) in [5, 5.41) is 11.6. The maximum absolute atomic E-state index is 12.2. The van der Waals surface area contributed by atoms with Gasteiger partial charge < -0.3 is 10.4 Å². The Morgan fingerprint density at radius 2 is 2.00 bits per heavy atom. The molecule has 2 heterocycles. The minimum atomic E-state index is -1.14. The Kier molecular flexibility index (Phi) is 4.58. The van der Waals surface area contributed by atoms with Gasteiger partial charge in [-0.05, 0) is 18.4 Å². The molecule has 2 rings (SSSR count). The number of nitrogens with one attached hydrogen (secondary N) is 3. The van der Waals surface area contributed by atoms with Crippen molar-refractivity contribution >= 4 is 22.9 Å². The molecule has 0 aliphatic heterocycles. The summed E-state index contributed by atoms with van der Waals surface area (Å²) in [5.41, 5.74) is -1.30. The van der Waals surface area contributed by atoms with Gasteiger partial charge in [-0.2, -0.15) is 0 Å². The van der Waals surface area contributed by atoms with E-state index in [1.54, 1.807) is 0 Å². The Labute approximate surface area is 129 Å². The molecule has 1 atom stereocenters. The van der Waals surface area contributed by atoms with Crippen molar-refractivity contribution in [1.82, 2.24) is 20.3 Å². The molecule has 9 heteroatoms. The highest BCUT2D eigenvalue weighted by atomic mass is 16.4. The molecule has 0 saturated heterocycles. The Bertz CT molecular complexity index is 867. The minimum absolute atomic E-state index is 0.0325. The monoisotopic (exact) mass is 320 g/mol. The van der Waals surface area contributed by atoms with E-state index in [2.05, 4.69) is 15.3 Å². The van der Waals surface area contributed by atoms with Crippen LogP contribution in [0.3, 0.4) is 0 Å². The summed E-state index contributed by atoms with van der Waals surface area (Å²) in [6.45, 7) is 3.69. The third-order valence-electron chi connectivity index (χ3n) is 3.16. The van der Waals surface area contributed by atoms with Crippen LogP contribution in [-0.2, 0) is 4.79 Å². The molecule has 1 amide bonds.